The number of fused-ring (bicyclic) bond motifs is 1. The van der Waals surface area contributed by atoms with Crippen LogP contribution in [0.25, 0.3) is 11.0 Å². The van der Waals surface area contributed by atoms with Crippen LogP contribution >= 0.6 is 0 Å². The van der Waals surface area contributed by atoms with Crippen molar-refractivity contribution in [2.75, 3.05) is 7.05 Å². The molecule has 0 atom stereocenters. The van der Waals surface area contributed by atoms with Gasteiger partial charge in [0.2, 0.25) is 0 Å². The lowest BCUT2D eigenvalue weighted by Crippen LogP contribution is -2.31. The average Bonchev–Trinajstić information content (AvgIpc) is 2.67. The molecule has 3 rings (SSSR count). The molecule has 118 valence electrons. The van der Waals surface area contributed by atoms with Crippen molar-refractivity contribution in [3.63, 3.8) is 0 Å². The number of rotatable bonds is 2. The first kappa shape index (κ1) is 15.0. The molecule has 1 fully saturated rings. The van der Waals surface area contributed by atoms with E-state index in [2.05, 4.69) is 0 Å². The molecule has 7 nitrogen and oxygen atoms in total. The molecule has 7 heteroatoms. The lowest BCUT2D eigenvalue weighted by Gasteiger charge is -2.14. The highest BCUT2D eigenvalue weighted by Gasteiger charge is 2.42. The van der Waals surface area contributed by atoms with Crippen LogP contribution in [0.2, 0.25) is 0 Å². The maximum absolute atomic E-state index is 12.0. The Kier molecular flexibility index (Phi) is 3.28. The Balaban J connectivity index is 2.12. The second-order valence-corrected chi connectivity index (χ2v) is 5.56. The number of benzene rings is 1. The molecule has 0 radical (unpaired) electrons. The maximum atomic E-state index is 12.0. The molecular formula is C16H14N2O5. The molecule has 1 aromatic heterocycles. The van der Waals surface area contributed by atoms with Crippen LogP contribution in [0.3, 0.4) is 0 Å². The Morgan fingerprint density at radius 1 is 0.957 bits per heavy atom. The Morgan fingerprint density at radius 3 is 2.22 bits per heavy atom. The Bertz CT molecular complexity index is 928. The van der Waals surface area contributed by atoms with E-state index < -0.39 is 23.5 Å². The summed E-state index contributed by atoms with van der Waals surface area (Å²) in [6.07, 6.45) is 0. The molecule has 1 aromatic carbocycles. The summed E-state index contributed by atoms with van der Waals surface area (Å²) in [5, 5.41) is 0.635. The van der Waals surface area contributed by atoms with Crippen molar-refractivity contribution in [1.82, 2.24) is 9.80 Å². The topological polar surface area (TPSA) is 87.9 Å². The molecule has 2 heterocycles. The highest BCUT2D eigenvalue weighted by molar-refractivity contribution is 6.44. The molecule has 1 aliphatic rings. The Labute approximate surface area is 131 Å². The number of aryl methyl sites for hydroxylation is 2. The molecule has 0 aliphatic carbocycles. The smallest absolute Gasteiger partial charge is 0.336 e. The van der Waals surface area contributed by atoms with E-state index in [1.165, 1.54) is 13.1 Å². The first-order chi connectivity index (χ1) is 10.8. The number of nitrogens with zero attached hydrogens (tertiary/aromatic N) is 2. The summed E-state index contributed by atoms with van der Waals surface area (Å²) in [6.45, 7) is 3.65. The van der Waals surface area contributed by atoms with E-state index >= 15 is 0 Å². The van der Waals surface area contributed by atoms with Crippen molar-refractivity contribution in [3.05, 3.63) is 45.3 Å². The minimum absolute atomic E-state index is 0.154. The van der Waals surface area contributed by atoms with Gasteiger partial charge in [-0.15, -0.1) is 0 Å². The van der Waals surface area contributed by atoms with Gasteiger partial charge in [-0.25, -0.2) is 9.59 Å². The minimum atomic E-state index is -0.900. The number of amides is 4. The van der Waals surface area contributed by atoms with Crippen molar-refractivity contribution in [1.29, 1.82) is 0 Å². The standard InChI is InChI=1S/C16H14N2O5/c1-8-4-11-10(6-13(19)23-12(11)5-9(8)2)7-18-15(21)14(20)17(3)16(18)22/h4-6H,7H2,1-3H3. The van der Waals surface area contributed by atoms with Crippen LogP contribution in [-0.2, 0) is 16.1 Å². The van der Waals surface area contributed by atoms with Gasteiger partial charge in [-0.05, 0) is 42.7 Å². The fourth-order valence-electron chi connectivity index (χ4n) is 2.54. The normalized spacial score (nSPS) is 15.2. The zero-order chi connectivity index (χ0) is 16.9. The van der Waals surface area contributed by atoms with Crippen molar-refractivity contribution < 1.29 is 18.8 Å². The third-order valence-corrected chi connectivity index (χ3v) is 4.02. The highest BCUT2D eigenvalue weighted by atomic mass is 16.4. The van der Waals surface area contributed by atoms with Gasteiger partial charge < -0.3 is 4.42 Å². The molecule has 0 N–H and O–H groups in total. The van der Waals surface area contributed by atoms with E-state index in [1.54, 1.807) is 6.07 Å². The molecule has 1 saturated heterocycles. The van der Waals surface area contributed by atoms with Gasteiger partial charge in [-0.3, -0.25) is 19.4 Å². The fraction of sp³-hybridized carbons (Fsp3) is 0.250. The van der Waals surface area contributed by atoms with Crippen LogP contribution in [0.4, 0.5) is 4.79 Å². The van der Waals surface area contributed by atoms with Gasteiger partial charge in [0.05, 0.1) is 6.54 Å². The third-order valence-electron chi connectivity index (χ3n) is 4.02. The molecule has 23 heavy (non-hydrogen) atoms. The average molecular weight is 314 g/mol. The quantitative estimate of drug-likeness (QED) is 0.474. The number of urea groups is 1. The number of hydrogen-bond donors (Lipinski definition) is 0. The zero-order valence-electron chi connectivity index (χ0n) is 12.9. The summed E-state index contributed by atoms with van der Waals surface area (Å²) >= 11 is 0. The van der Waals surface area contributed by atoms with Crippen molar-refractivity contribution in [2.45, 2.75) is 20.4 Å². The van der Waals surface area contributed by atoms with Gasteiger partial charge in [-0.2, -0.15) is 0 Å². The predicted octanol–water partition coefficient (Wildman–Crippen LogP) is 1.33. The SMILES string of the molecule is Cc1cc2oc(=O)cc(CN3C(=O)C(=O)N(C)C3=O)c2cc1C. The van der Waals surface area contributed by atoms with Crippen LogP contribution in [-0.4, -0.2) is 34.7 Å². The van der Waals surface area contributed by atoms with Crippen molar-refractivity contribution >= 4 is 28.8 Å². The summed E-state index contributed by atoms with van der Waals surface area (Å²) in [5.74, 6) is -1.78. The Morgan fingerprint density at radius 2 is 1.61 bits per heavy atom. The van der Waals surface area contributed by atoms with Crippen LogP contribution in [0.5, 0.6) is 0 Å². The van der Waals surface area contributed by atoms with E-state index in [1.807, 2.05) is 19.9 Å². The summed E-state index contributed by atoms with van der Waals surface area (Å²) in [4.78, 5) is 48.8. The van der Waals surface area contributed by atoms with Gasteiger partial charge in [0.15, 0.2) is 0 Å². The highest BCUT2D eigenvalue weighted by Crippen LogP contribution is 2.24. The van der Waals surface area contributed by atoms with Crippen LogP contribution < -0.4 is 5.63 Å². The second kappa shape index (κ2) is 5.05. The summed E-state index contributed by atoms with van der Waals surface area (Å²) in [6, 6.07) is 4.10. The number of hydrogen-bond acceptors (Lipinski definition) is 5. The molecule has 0 bridgehead atoms. The van der Waals surface area contributed by atoms with Gasteiger partial charge in [-0.1, -0.05) is 0 Å². The molecule has 2 aromatic rings. The first-order valence-electron chi connectivity index (χ1n) is 6.97. The molecular weight excluding hydrogens is 300 g/mol. The zero-order valence-corrected chi connectivity index (χ0v) is 12.9. The van der Waals surface area contributed by atoms with Crippen LogP contribution in [0.15, 0.2) is 27.4 Å². The summed E-state index contributed by atoms with van der Waals surface area (Å²) < 4.78 is 5.18. The van der Waals surface area contributed by atoms with E-state index in [0.717, 1.165) is 20.9 Å². The van der Waals surface area contributed by atoms with Gasteiger partial charge in [0.25, 0.3) is 0 Å². The third kappa shape index (κ3) is 2.30. The molecule has 0 saturated carbocycles. The van der Waals surface area contributed by atoms with E-state index in [4.69, 9.17) is 4.42 Å². The van der Waals surface area contributed by atoms with Crippen molar-refractivity contribution in [2.24, 2.45) is 0 Å². The molecule has 0 spiro atoms. The first-order valence-corrected chi connectivity index (χ1v) is 6.97. The molecule has 1 aliphatic heterocycles. The van der Waals surface area contributed by atoms with E-state index in [0.29, 0.717) is 16.5 Å². The van der Waals surface area contributed by atoms with Crippen LogP contribution in [0, 0.1) is 13.8 Å². The Hall–Kier alpha value is -2.96. The summed E-state index contributed by atoms with van der Waals surface area (Å²) in [7, 11) is 1.24. The van der Waals surface area contributed by atoms with Gasteiger partial charge in [0.1, 0.15) is 5.58 Å². The van der Waals surface area contributed by atoms with Crippen molar-refractivity contribution in [3.8, 4) is 0 Å². The van der Waals surface area contributed by atoms with Gasteiger partial charge in [0, 0.05) is 18.5 Å². The number of imide groups is 2. The number of carbonyl (C=O) groups excluding carboxylic acids is 3. The lowest BCUT2D eigenvalue weighted by molar-refractivity contribution is -0.143. The maximum Gasteiger partial charge on any atom is 0.336 e. The second-order valence-electron chi connectivity index (χ2n) is 5.56. The molecule has 4 amide bonds. The van der Waals surface area contributed by atoms with E-state index in [-0.39, 0.29) is 6.54 Å². The largest absolute Gasteiger partial charge is 0.423 e. The number of carbonyl (C=O) groups is 3. The lowest BCUT2D eigenvalue weighted by atomic mass is 10.0. The fourth-order valence-corrected chi connectivity index (χ4v) is 2.54. The van der Waals surface area contributed by atoms with Crippen LogP contribution in [0.1, 0.15) is 16.7 Å². The number of likely N-dealkylation sites (N-methyl/N-ethyl adjacent to an activating group) is 1. The molecule has 0 unspecified atom stereocenters. The monoisotopic (exact) mass is 314 g/mol. The minimum Gasteiger partial charge on any atom is -0.423 e. The summed E-state index contributed by atoms with van der Waals surface area (Å²) in [5.41, 5.74) is 2.22. The van der Waals surface area contributed by atoms with E-state index in [9.17, 15) is 19.2 Å². The van der Waals surface area contributed by atoms with Gasteiger partial charge >= 0.3 is 23.5 Å². The predicted molar refractivity (Wildman–Crippen MR) is 80.7 cm³/mol.